The molecule has 1 aromatic carbocycles. The zero-order valence-electron chi connectivity index (χ0n) is 10.7. The molecule has 0 aliphatic heterocycles. The number of thioether (sulfide) groups is 1. The van der Waals surface area contributed by atoms with Gasteiger partial charge in [-0.25, -0.2) is 19.8 Å². The maximum atomic E-state index is 13.3. The first kappa shape index (κ1) is 15.4. The molecule has 1 amide bonds. The van der Waals surface area contributed by atoms with E-state index in [9.17, 15) is 9.18 Å². The Morgan fingerprint density at radius 3 is 2.81 bits per heavy atom. The minimum Gasteiger partial charge on any atom is -0.272 e. The van der Waals surface area contributed by atoms with Gasteiger partial charge in [0.2, 0.25) is 0 Å². The number of hydrogen-bond donors (Lipinski definition) is 1. The summed E-state index contributed by atoms with van der Waals surface area (Å²) in [5, 5.41) is 4.56. The highest BCUT2D eigenvalue weighted by Crippen LogP contribution is 2.13. The third-order valence-corrected chi connectivity index (χ3v) is 3.30. The van der Waals surface area contributed by atoms with Crippen LogP contribution in [0.3, 0.4) is 0 Å². The topological polar surface area (TPSA) is 67.2 Å². The molecule has 1 aromatic heterocycles. The van der Waals surface area contributed by atoms with Crippen LogP contribution < -0.4 is 5.43 Å². The fourth-order valence-electron chi connectivity index (χ4n) is 1.29. The zero-order valence-corrected chi connectivity index (χ0v) is 12.2. The van der Waals surface area contributed by atoms with Gasteiger partial charge in [-0.1, -0.05) is 41.6 Å². The molecule has 0 saturated carbocycles. The molecule has 0 unspecified atom stereocenters. The fourth-order valence-corrected chi connectivity index (χ4v) is 1.97. The largest absolute Gasteiger partial charge is 0.272 e. The van der Waals surface area contributed by atoms with Gasteiger partial charge in [0.15, 0.2) is 5.16 Å². The van der Waals surface area contributed by atoms with E-state index in [4.69, 9.17) is 11.6 Å². The van der Waals surface area contributed by atoms with Gasteiger partial charge in [-0.15, -0.1) is 0 Å². The van der Waals surface area contributed by atoms with Crippen LogP contribution in [0.5, 0.6) is 0 Å². The number of hydrogen-bond acceptors (Lipinski definition) is 5. The van der Waals surface area contributed by atoms with Crippen molar-refractivity contribution >= 4 is 35.5 Å². The quantitative estimate of drug-likeness (QED) is 0.397. The van der Waals surface area contributed by atoms with Crippen LogP contribution in [-0.2, 0) is 4.79 Å². The molecule has 2 rings (SSSR count). The van der Waals surface area contributed by atoms with Crippen LogP contribution in [0.2, 0.25) is 5.02 Å². The smallest absolute Gasteiger partial charge is 0.250 e. The molecule has 5 nitrogen and oxygen atoms in total. The number of benzene rings is 1. The molecule has 0 bridgehead atoms. The molecule has 0 fully saturated rings. The number of nitrogens with one attached hydrogen (secondary N) is 1. The Balaban J connectivity index is 1.80. The van der Waals surface area contributed by atoms with Crippen molar-refractivity contribution in [3.63, 3.8) is 0 Å². The normalized spacial score (nSPS) is 10.8. The van der Waals surface area contributed by atoms with Crippen LogP contribution in [0.1, 0.15) is 5.56 Å². The minimum absolute atomic E-state index is 0.0935. The van der Waals surface area contributed by atoms with E-state index < -0.39 is 5.82 Å². The average Bonchev–Trinajstić information content (AvgIpc) is 2.49. The third kappa shape index (κ3) is 5.13. The summed E-state index contributed by atoms with van der Waals surface area (Å²) in [6.45, 7) is 0. The molecule has 0 atom stereocenters. The van der Waals surface area contributed by atoms with Crippen LogP contribution in [0.15, 0.2) is 46.9 Å². The summed E-state index contributed by atoms with van der Waals surface area (Å²) < 4.78 is 13.3. The highest BCUT2D eigenvalue weighted by Gasteiger charge is 2.04. The van der Waals surface area contributed by atoms with Gasteiger partial charge in [-0.2, -0.15) is 5.10 Å². The molecule has 0 spiro atoms. The summed E-state index contributed by atoms with van der Waals surface area (Å²) in [4.78, 5) is 19.4. The van der Waals surface area contributed by atoms with Crippen molar-refractivity contribution in [2.45, 2.75) is 5.16 Å². The summed E-state index contributed by atoms with van der Waals surface area (Å²) in [6.07, 6.45) is 4.15. The number of hydrazone groups is 1. The summed E-state index contributed by atoms with van der Waals surface area (Å²) in [7, 11) is 0. The Bertz CT molecular complexity index is 651. The number of amides is 1. The minimum atomic E-state index is -0.403. The first-order valence-corrected chi connectivity index (χ1v) is 7.18. The molecular weight excluding hydrogens is 315 g/mol. The van der Waals surface area contributed by atoms with Crippen molar-refractivity contribution in [2.24, 2.45) is 5.10 Å². The summed E-state index contributed by atoms with van der Waals surface area (Å²) in [5.74, 6) is -0.651. The second kappa shape index (κ2) is 7.70. The van der Waals surface area contributed by atoms with Crippen LogP contribution >= 0.6 is 23.4 Å². The first-order chi connectivity index (χ1) is 10.1. The van der Waals surface area contributed by atoms with E-state index in [1.54, 1.807) is 18.2 Å². The third-order valence-electron chi connectivity index (χ3n) is 2.23. The van der Waals surface area contributed by atoms with Crippen LogP contribution in [-0.4, -0.2) is 27.8 Å². The average molecular weight is 325 g/mol. The van der Waals surface area contributed by atoms with E-state index in [1.807, 2.05) is 0 Å². The number of rotatable bonds is 5. The Hall–Kier alpha value is -1.99. The van der Waals surface area contributed by atoms with Crippen LogP contribution in [0.4, 0.5) is 4.39 Å². The van der Waals surface area contributed by atoms with Gasteiger partial charge in [-0.05, 0) is 6.07 Å². The van der Waals surface area contributed by atoms with Gasteiger partial charge in [0.05, 0.1) is 29.4 Å². The molecule has 2 aromatic rings. The van der Waals surface area contributed by atoms with Crippen molar-refractivity contribution in [1.29, 1.82) is 0 Å². The Labute approximate surface area is 129 Å². The van der Waals surface area contributed by atoms with Crippen molar-refractivity contribution in [1.82, 2.24) is 15.4 Å². The van der Waals surface area contributed by atoms with E-state index in [2.05, 4.69) is 20.5 Å². The number of halogens is 2. The summed E-state index contributed by atoms with van der Waals surface area (Å²) in [6, 6.07) is 6.13. The number of carbonyl (C=O) groups is 1. The maximum absolute atomic E-state index is 13.3. The van der Waals surface area contributed by atoms with Crippen LogP contribution in [0.25, 0.3) is 0 Å². The standard InChI is InChI=1S/C13H10ClFN4OS/c14-10-6-16-13(17-7-10)21-8-12(20)19-18-5-9-3-1-2-4-11(9)15/h1-7H,8H2,(H,19,20)/b18-5-. The van der Waals surface area contributed by atoms with E-state index in [0.717, 1.165) is 11.8 Å². The molecular formula is C13H10ClFN4OS. The van der Waals surface area contributed by atoms with Gasteiger partial charge in [0.1, 0.15) is 5.82 Å². The number of aromatic nitrogens is 2. The molecule has 8 heteroatoms. The Kier molecular flexibility index (Phi) is 5.65. The fraction of sp³-hybridized carbons (Fsp3) is 0.0769. The van der Waals surface area contributed by atoms with Gasteiger partial charge in [0.25, 0.3) is 5.91 Å². The van der Waals surface area contributed by atoms with Gasteiger partial charge in [0, 0.05) is 5.56 Å². The van der Waals surface area contributed by atoms with Gasteiger partial charge >= 0.3 is 0 Å². The Morgan fingerprint density at radius 1 is 1.38 bits per heavy atom. The predicted octanol–water partition coefficient (Wildman–Crippen LogP) is 2.51. The Morgan fingerprint density at radius 2 is 2.10 bits per heavy atom. The highest BCUT2D eigenvalue weighted by molar-refractivity contribution is 7.99. The molecule has 0 saturated heterocycles. The van der Waals surface area contributed by atoms with Crippen molar-refractivity contribution in [3.8, 4) is 0 Å². The molecule has 0 radical (unpaired) electrons. The lowest BCUT2D eigenvalue weighted by Crippen LogP contribution is -2.19. The van der Waals surface area contributed by atoms with E-state index in [0.29, 0.717) is 15.7 Å². The maximum Gasteiger partial charge on any atom is 0.250 e. The van der Waals surface area contributed by atoms with E-state index in [-0.39, 0.29) is 11.7 Å². The lowest BCUT2D eigenvalue weighted by atomic mass is 10.2. The predicted molar refractivity (Wildman–Crippen MR) is 79.9 cm³/mol. The number of carbonyl (C=O) groups excluding carboxylic acids is 1. The molecule has 108 valence electrons. The molecule has 0 aliphatic rings. The first-order valence-electron chi connectivity index (χ1n) is 5.82. The van der Waals surface area contributed by atoms with Crippen molar-refractivity contribution < 1.29 is 9.18 Å². The SMILES string of the molecule is O=C(CSc1ncc(Cl)cn1)N/N=C\c1ccccc1F. The van der Waals surface area contributed by atoms with Gasteiger partial charge < -0.3 is 0 Å². The lowest BCUT2D eigenvalue weighted by Gasteiger charge is -1.99. The molecule has 1 N–H and O–H groups in total. The monoisotopic (exact) mass is 324 g/mol. The van der Waals surface area contributed by atoms with Gasteiger partial charge in [-0.3, -0.25) is 4.79 Å². The lowest BCUT2D eigenvalue weighted by molar-refractivity contribution is -0.118. The van der Waals surface area contributed by atoms with Crippen molar-refractivity contribution in [2.75, 3.05) is 5.75 Å². The molecule has 1 heterocycles. The van der Waals surface area contributed by atoms with Crippen LogP contribution in [0, 0.1) is 5.82 Å². The van der Waals surface area contributed by atoms with E-state index in [1.165, 1.54) is 24.7 Å². The van der Waals surface area contributed by atoms with Crippen molar-refractivity contribution in [3.05, 3.63) is 53.1 Å². The van der Waals surface area contributed by atoms with E-state index >= 15 is 0 Å². The summed E-state index contributed by atoms with van der Waals surface area (Å²) in [5.41, 5.74) is 2.60. The highest BCUT2D eigenvalue weighted by atomic mass is 35.5. The molecule has 0 aliphatic carbocycles. The summed E-state index contributed by atoms with van der Waals surface area (Å²) >= 11 is 6.80. The second-order valence-corrected chi connectivity index (χ2v) is 5.17. The zero-order chi connectivity index (χ0) is 15.1. The molecule has 21 heavy (non-hydrogen) atoms. The number of nitrogens with zero attached hydrogens (tertiary/aromatic N) is 3. The second-order valence-electron chi connectivity index (χ2n) is 3.79.